The Hall–Kier alpha value is -1.82. The third-order valence-electron chi connectivity index (χ3n) is 4.40. The molecular weight excluding hydrogens is 284 g/mol. The van der Waals surface area contributed by atoms with E-state index in [2.05, 4.69) is 6.92 Å². The fourth-order valence-corrected chi connectivity index (χ4v) is 3.11. The summed E-state index contributed by atoms with van der Waals surface area (Å²) in [7, 11) is 0. The molecule has 2 amide bonds. The van der Waals surface area contributed by atoms with E-state index < -0.39 is 0 Å². The maximum atomic E-state index is 12.6. The van der Waals surface area contributed by atoms with Crippen LogP contribution in [0.3, 0.4) is 0 Å². The normalized spacial score (nSPS) is 25.8. The van der Waals surface area contributed by atoms with E-state index in [4.69, 9.17) is 9.15 Å². The van der Waals surface area contributed by atoms with Gasteiger partial charge in [0.05, 0.1) is 31.4 Å². The van der Waals surface area contributed by atoms with Crippen molar-refractivity contribution in [3.05, 3.63) is 24.2 Å². The van der Waals surface area contributed by atoms with E-state index >= 15 is 0 Å². The first kappa shape index (κ1) is 15.1. The smallest absolute Gasteiger partial charge is 0.228 e. The summed E-state index contributed by atoms with van der Waals surface area (Å²) in [5.74, 6) is 0.615. The quantitative estimate of drug-likeness (QED) is 0.840. The number of carbonyl (C=O) groups is 2. The zero-order valence-corrected chi connectivity index (χ0v) is 12.9. The number of rotatable bonds is 4. The lowest BCUT2D eigenvalue weighted by Crippen LogP contribution is -2.48. The molecule has 120 valence electrons. The molecular formula is C16H22N2O4. The largest absolute Gasteiger partial charge is 0.467 e. The van der Waals surface area contributed by atoms with Crippen LogP contribution in [0.5, 0.6) is 0 Å². The molecule has 6 nitrogen and oxygen atoms in total. The molecule has 0 radical (unpaired) electrons. The molecule has 0 unspecified atom stereocenters. The molecule has 2 saturated heterocycles. The van der Waals surface area contributed by atoms with Crippen LogP contribution in [0.15, 0.2) is 22.8 Å². The number of hydrogen-bond acceptors (Lipinski definition) is 4. The Morgan fingerprint density at radius 1 is 1.41 bits per heavy atom. The average molecular weight is 306 g/mol. The summed E-state index contributed by atoms with van der Waals surface area (Å²) >= 11 is 0. The topological polar surface area (TPSA) is 63.0 Å². The molecule has 0 aliphatic carbocycles. The molecule has 1 aromatic rings. The van der Waals surface area contributed by atoms with Gasteiger partial charge in [-0.1, -0.05) is 6.92 Å². The highest BCUT2D eigenvalue weighted by Crippen LogP contribution is 2.23. The summed E-state index contributed by atoms with van der Waals surface area (Å²) in [6.07, 6.45) is 2.91. The Bertz CT molecular complexity index is 528. The van der Waals surface area contributed by atoms with Crippen molar-refractivity contribution in [1.82, 2.24) is 9.80 Å². The number of furan rings is 1. The molecule has 0 N–H and O–H groups in total. The predicted molar refractivity (Wildman–Crippen MR) is 78.8 cm³/mol. The van der Waals surface area contributed by atoms with Crippen molar-refractivity contribution < 1.29 is 18.7 Å². The molecule has 2 atom stereocenters. The summed E-state index contributed by atoms with van der Waals surface area (Å²) in [6, 6.07) is 3.65. The Balaban J connectivity index is 1.58. The predicted octanol–water partition coefficient (Wildman–Crippen LogP) is 1.27. The first-order chi connectivity index (χ1) is 10.7. The average Bonchev–Trinajstić information content (AvgIpc) is 3.17. The second-order valence-electron chi connectivity index (χ2n) is 5.94. The number of ether oxygens (including phenoxy) is 1. The van der Waals surface area contributed by atoms with Gasteiger partial charge in [0.25, 0.3) is 0 Å². The lowest BCUT2D eigenvalue weighted by Gasteiger charge is -2.34. The van der Waals surface area contributed by atoms with E-state index in [1.54, 1.807) is 17.2 Å². The van der Waals surface area contributed by atoms with Crippen molar-refractivity contribution in [2.45, 2.75) is 32.4 Å². The second-order valence-corrected chi connectivity index (χ2v) is 5.94. The van der Waals surface area contributed by atoms with Crippen molar-refractivity contribution in [1.29, 1.82) is 0 Å². The van der Waals surface area contributed by atoms with Gasteiger partial charge >= 0.3 is 0 Å². The van der Waals surface area contributed by atoms with Gasteiger partial charge in [-0.25, -0.2) is 0 Å². The Morgan fingerprint density at radius 2 is 2.27 bits per heavy atom. The van der Waals surface area contributed by atoms with Crippen LogP contribution in [0.1, 0.15) is 25.5 Å². The lowest BCUT2D eigenvalue weighted by molar-refractivity contribution is -0.143. The number of amides is 2. The van der Waals surface area contributed by atoms with E-state index in [0.29, 0.717) is 39.2 Å². The van der Waals surface area contributed by atoms with Crippen molar-refractivity contribution in [3.8, 4) is 0 Å². The Morgan fingerprint density at radius 3 is 3.00 bits per heavy atom. The SMILES string of the molecule is CC[C@@H]1CN(C(=O)[C@@H]2CC(=O)N(Cc3ccco3)C2)CCO1. The van der Waals surface area contributed by atoms with Gasteiger partial charge in [0.1, 0.15) is 5.76 Å². The highest BCUT2D eigenvalue weighted by molar-refractivity contribution is 5.89. The number of likely N-dealkylation sites (tertiary alicyclic amines) is 1. The molecule has 0 bridgehead atoms. The summed E-state index contributed by atoms with van der Waals surface area (Å²) in [6.45, 7) is 4.82. The minimum Gasteiger partial charge on any atom is -0.467 e. The van der Waals surface area contributed by atoms with E-state index in [1.165, 1.54) is 0 Å². The fourth-order valence-electron chi connectivity index (χ4n) is 3.11. The molecule has 1 aromatic heterocycles. The molecule has 3 rings (SSSR count). The van der Waals surface area contributed by atoms with Crippen LogP contribution in [0.2, 0.25) is 0 Å². The van der Waals surface area contributed by atoms with Crippen LogP contribution in [0.4, 0.5) is 0 Å². The Kier molecular flexibility index (Phi) is 4.47. The maximum absolute atomic E-state index is 12.6. The molecule has 0 saturated carbocycles. The van der Waals surface area contributed by atoms with E-state index in [1.807, 2.05) is 11.0 Å². The van der Waals surface area contributed by atoms with Crippen molar-refractivity contribution >= 4 is 11.8 Å². The summed E-state index contributed by atoms with van der Waals surface area (Å²) in [5, 5.41) is 0. The summed E-state index contributed by atoms with van der Waals surface area (Å²) < 4.78 is 10.9. The van der Waals surface area contributed by atoms with Crippen LogP contribution < -0.4 is 0 Å². The van der Waals surface area contributed by atoms with Gasteiger partial charge in [0, 0.05) is 26.1 Å². The summed E-state index contributed by atoms with van der Waals surface area (Å²) in [5.41, 5.74) is 0. The minimum absolute atomic E-state index is 0.0232. The van der Waals surface area contributed by atoms with Gasteiger partial charge in [0.15, 0.2) is 0 Å². The van der Waals surface area contributed by atoms with Gasteiger partial charge in [-0.15, -0.1) is 0 Å². The first-order valence-corrected chi connectivity index (χ1v) is 7.88. The number of morpholine rings is 1. The Labute approximate surface area is 130 Å². The van der Waals surface area contributed by atoms with Gasteiger partial charge in [-0.2, -0.15) is 0 Å². The van der Waals surface area contributed by atoms with Crippen LogP contribution in [-0.2, 0) is 20.9 Å². The van der Waals surface area contributed by atoms with Crippen molar-refractivity contribution in [3.63, 3.8) is 0 Å². The van der Waals surface area contributed by atoms with Crippen LogP contribution in [0, 0.1) is 5.92 Å². The number of hydrogen-bond donors (Lipinski definition) is 0. The molecule has 3 heterocycles. The lowest BCUT2D eigenvalue weighted by atomic mass is 10.1. The molecule has 2 aliphatic rings. The molecule has 22 heavy (non-hydrogen) atoms. The molecule has 0 spiro atoms. The molecule has 2 aliphatic heterocycles. The minimum atomic E-state index is -0.238. The maximum Gasteiger partial charge on any atom is 0.228 e. The van der Waals surface area contributed by atoms with Crippen LogP contribution in [-0.4, -0.2) is 54.0 Å². The summed E-state index contributed by atoms with van der Waals surface area (Å²) in [4.78, 5) is 28.3. The van der Waals surface area contributed by atoms with Crippen molar-refractivity contribution in [2.24, 2.45) is 5.92 Å². The standard InChI is InChI=1S/C16H22N2O4/c1-2-13-10-17(5-7-22-13)16(20)12-8-15(19)18(9-12)11-14-4-3-6-21-14/h3-4,6,12-13H,2,5,7-11H2,1H3/t12-,13-/m1/s1. The van der Waals surface area contributed by atoms with Gasteiger partial charge in [0.2, 0.25) is 11.8 Å². The first-order valence-electron chi connectivity index (χ1n) is 7.88. The van der Waals surface area contributed by atoms with Crippen LogP contribution >= 0.6 is 0 Å². The van der Waals surface area contributed by atoms with Gasteiger partial charge < -0.3 is 19.0 Å². The third kappa shape index (κ3) is 3.16. The zero-order valence-electron chi connectivity index (χ0n) is 12.9. The second kappa shape index (κ2) is 6.52. The molecule has 0 aromatic carbocycles. The number of nitrogens with zero attached hydrogens (tertiary/aromatic N) is 2. The zero-order chi connectivity index (χ0) is 15.5. The van der Waals surface area contributed by atoms with Gasteiger partial charge in [-0.3, -0.25) is 9.59 Å². The highest BCUT2D eigenvalue weighted by Gasteiger charge is 2.37. The molecule has 6 heteroatoms. The third-order valence-corrected chi connectivity index (χ3v) is 4.40. The number of carbonyl (C=O) groups excluding carboxylic acids is 2. The monoisotopic (exact) mass is 306 g/mol. The molecule has 2 fully saturated rings. The van der Waals surface area contributed by atoms with Crippen LogP contribution in [0.25, 0.3) is 0 Å². The van der Waals surface area contributed by atoms with E-state index in [-0.39, 0.29) is 23.8 Å². The van der Waals surface area contributed by atoms with E-state index in [0.717, 1.165) is 12.2 Å². The van der Waals surface area contributed by atoms with E-state index in [9.17, 15) is 9.59 Å². The highest BCUT2D eigenvalue weighted by atomic mass is 16.5. The fraction of sp³-hybridized carbons (Fsp3) is 0.625. The van der Waals surface area contributed by atoms with Crippen molar-refractivity contribution in [2.75, 3.05) is 26.2 Å². The van der Waals surface area contributed by atoms with Gasteiger partial charge in [-0.05, 0) is 18.6 Å².